The molecule has 1 spiro atoms. The minimum absolute atomic E-state index is 0.381. The normalized spacial score (nSPS) is 44.7. The Morgan fingerprint density at radius 2 is 2.06 bits per heavy atom. The average Bonchev–Trinajstić information content (AvgIpc) is 2.65. The van der Waals surface area contributed by atoms with E-state index in [1.807, 2.05) is 0 Å². The lowest BCUT2D eigenvalue weighted by Crippen LogP contribution is -2.44. The van der Waals surface area contributed by atoms with Crippen molar-refractivity contribution >= 4 is 6.29 Å². The molecule has 2 fully saturated rings. The molecule has 88 valence electrons. The SMILES string of the molecule is C[C@@H]1CC[C@@H]2CC3=C(C=O)CC[C@@]31C2(C)C. The summed E-state index contributed by atoms with van der Waals surface area (Å²) in [4.78, 5) is 11.2. The Kier molecular flexibility index (Phi) is 1.98. The molecule has 1 heteroatoms. The number of fused-ring (bicyclic) bond motifs is 1. The van der Waals surface area contributed by atoms with Gasteiger partial charge >= 0.3 is 0 Å². The number of aldehydes is 1. The van der Waals surface area contributed by atoms with Crippen LogP contribution in [0, 0.1) is 22.7 Å². The predicted octanol–water partition coefficient (Wildman–Crippen LogP) is 3.74. The largest absolute Gasteiger partial charge is 0.298 e. The molecule has 0 aromatic rings. The van der Waals surface area contributed by atoms with Gasteiger partial charge in [0.25, 0.3) is 0 Å². The van der Waals surface area contributed by atoms with E-state index in [9.17, 15) is 4.79 Å². The van der Waals surface area contributed by atoms with Crippen molar-refractivity contribution < 1.29 is 4.79 Å². The minimum Gasteiger partial charge on any atom is -0.298 e. The second-order valence-corrected chi connectivity index (χ2v) is 6.69. The Morgan fingerprint density at radius 1 is 1.31 bits per heavy atom. The fourth-order valence-corrected chi connectivity index (χ4v) is 5.28. The van der Waals surface area contributed by atoms with E-state index in [4.69, 9.17) is 0 Å². The number of hydrogen-bond donors (Lipinski definition) is 0. The Bertz CT molecular complexity index is 377. The van der Waals surface area contributed by atoms with Gasteiger partial charge in [-0.05, 0) is 54.9 Å². The van der Waals surface area contributed by atoms with E-state index in [0.717, 1.165) is 30.1 Å². The number of hydrogen-bond acceptors (Lipinski definition) is 1. The Morgan fingerprint density at radius 3 is 2.75 bits per heavy atom. The van der Waals surface area contributed by atoms with Crippen LogP contribution in [0.2, 0.25) is 0 Å². The minimum atomic E-state index is 0.381. The summed E-state index contributed by atoms with van der Waals surface area (Å²) < 4.78 is 0. The first-order chi connectivity index (χ1) is 7.54. The first-order valence-corrected chi connectivity index (χ1v) is 6.71. The molecule has 0 N–H and O–H groups in total. The molecule has 0 heterocycles. The smallest absolute Gasteiger partial charge is 0.145 e. The van der Waals surface area contributed by atoms with Gasteiger partial charge < -0.3 is 0 Å². The van der Waals surface area contributed by atoms with Gasteiger partial charge in [0.15, 0.2) is 0 Å². The molecule has 3 aliphatic carbocycles. The summed E-state index contributed by atoms with van der Waals surface area (Å²) in [5, 5.41) is 0. The van der Waals surface area contributed by atoms with E-state index in [-0.39, 0.29) is 0 Å². The van der Waals surface area contributed by atoms with E-state index in [1.54, 1.807) is 5.57 Å². The van der Waals surface area contributed by atoms with Crippen LogP contribution >= 0.6 is 0 Å². The molecule has 2 bridgehead atoms. The third-order valence-corrected chi connectivity index (χ3v) is 6.27. The summed E-state index contributed by atoms with van der Waals surface area (Å²) >= 11 is 0. The van der Waals surface area contributed by atoms with Crippen LogP contribution in [0.1, 0.15) is 52.9 Å². The molecular weight excluding hydrogens is 196 g/mol. The van der Waals surface area contributed by atoms with Gasteiger partial charge in [0.05, 0.1) is 0 Å². The third kappa shape index (κ3) is 0.919. The molecule has 0 radical (unpaired) electrons. The molecule has 16 heavy (non-hydrogen) atoms. The molecule has 0 aromatic carbocycles. The molecule has 3 atom stereocenters. The third-order valence-electron chi connectivity index (χ3n) is 6.27. The summed E-state index contributed by atoms with van der Waals surface area (Å²) in [6.45, 7) is 7.32. The highest BCUT2D eigenvalue weighted by Crippen LogP contribution is 2.72. The highest BCUT2D eigenvalue weighted by molar-refractivity contribution is 5.77. The first-order valence-electron chi connectivity index (χ1n) is 6.71. The zero-order valence-electron chi connectivity index (χ0n) is 10.7. The average molecular weight is 218 g/mol. The van der Waals surface area contributed by atoms with Gasteiger partial charge in [0.1, 0.15) is 6.29 Å². The van der Waals surface area contributed by atoms with Crippen LogP contribution < -0.4 is 0 Å². The Labute approximate surface area is 98.3 Å². The van der Waals surface area contributed by atoms with Crippen molar-refractivity contribution in [2.24, 2.45) is 22.7 Å². The molecule has 2 saturated carbocycles. The fourth-order valence-electron chi connectivity index (χ4n) is 5.28. The van der Waals surface area contributed by atoms with Crippen LogP contribution in [0.15, 0.2) is 11.1 Å². The number of rotatable bonds is 1. The number of allylic oxidation sites excluding steroid dienone is 2. The van der Waals surface area contributed by atoms with Crippen LogP contribution in [-0.2, 0) is 4.79 Å². The van der Waals surface area contributed by atoms with Gasteiger partial charge in [-0.2, -0.15) is 0 Å². The maximum absolute atomic E-state index is 11.2. The van der Waals surface area contributed by atoms with Crippen LogP contribution in [0.3, 0.4) is 0 Å². The van der Waals surface area contributed by atoms with Crippen molar-refractivity contribution in [3.05, 3.63) is 11.1 Å². The number of carbonyl (C=O) groups excluding carboxylic acids is 1. The van der Waals surface area contributed by atoms with Crippen LogP contribution in [-0.4, -0.2) is 6.29 Å². The summed E-state index contributed by atoms with van der Waals surface area (Å²) in [5.41, 5.74) is 3.52. The van der Waals surface area contributed by atoms with E-state index < -0.39 is 0 Å². The van der Waals surface area contributed by atoms with Gasteiger partial charge in [0, 0.05) is 5.41 Å². The molecule has 0 amide bonds. The van der Waals surface area contributed by atoms with Crippen LogP contribution in [0.25, 0.3) is 0 Å². The topological polar surface area (TPSA) is 17.1 Å². The molecule has 0 aliphatic heterocycles. The van der Waals surface area contributed by atoms with Crippen LogP contribution in [0.5, 0.6) is 0 Å². The van der Waals surface area contributed by atoms with E-state index in [1.165, 1.54) is 25.7 Å². The standard InChI is InChI=1S/C15H22O/c1-10-4-5-12-8-13-11(9-16)6-7-15(10,13)14(12,2)3/h9-10,12H,4-8H2,1-3H3/t10-,12-,15+/m1/s1. The molecule has 1 nitrogen and oxygen atoms in total. The predicted molar refractivity (Wildman–Crippen MR) is 65.0 cm³/mol. The zero-order chi connectivity index (χ0) is 11.6. The van der Waals surface area contributed by atoms with Crippen molar-refractivity contribution in [2.75, 3.05) is 0 Å². The van der Waals surface area contributed by atoms with E-state index in [0.29, 0.717) is 10.8 Å². The Hall–Kier alpha value is -0.590. The van der Waals surface area contributed by atoms with Gasteiger partial charge in [-0.15, -0.1) is 0 Å². The van der Waals surface area contributed by atoms with Crippen molar-refractivity contribution in [1.29, 1.82) is 0 Å². The molecule has 0 aromatic heterocycles. The van der Waals surface area contributed by atoms with Gasteiger partial charge in [-0.1, -0.05) is 26.3 Å². The first kappa shape index (κ1) is 10.6. The Balaban J connectivity index is 2.20. The maximum Gasteiger partial charge on any atom is 0.145 e. The quantitative estimate of drug-likeness (QED) is 0.613. The second-order valence-electron chi connectivity index (χ2n) is 6.69. The van der Waals surface area contributed by atoms with Crippen molar-refractivity contribution in [1.82, 2.24) is 0 Å². The van der Waals surface area contributed by atoms with Crippen LogP contribution in [0.4, 0.5) is 0 Å². The highest BCUT2D eigenvalue weighted by Gasteiger charge is 2.63. The number of carbonyl (C=O) groups is 1. The lowest BCUT2D eigenvalue weighted by Gasteiger charge is -2.51. The summed E-state index contributed by atoms with van der Waals surface area (Å²) in [6.07, 6.45) is 7.37. The van der Waals surface area contributed by atoms with Crippen molar-refractivity contribution in [3.8, 4) is 0 Å². The van der Waals surface area contributed by atoms with Gasteiger partial charge in [-0.3, -0.25) is 4.79 Å². The summed E-state index contributed by atoms with van der Waals surface area (Å²) in [7, 11) is 0. The molecule has 0 saturated heterocycles. The highest BCUT2D eigenvalue weighted by atomic mass is 16.1. The maximum atomic E-state index is 11.2. The lowest BCUT2D eigenvalue weighted by molar-refractivity contribution is -0.105. The molecule has 3 aliphatic rings. The van der Waals surface area contributed by atoms with Gasteiger partial charge in [-0.25, -0.2) is 0 Å². The van der Waals surface area contributed by atoms with Gasteiger partial charge in [0.2, 0.25) is 0 Å². The molecule has 0 unspecified atom stereocenters. The monoisotopic (exact) mass is 218 g/mol. The summed E-state index contributed by atoms with van der Waals surface area (Å²) in [5.74, 6) is 1.60. The van der Waals surface area contributed by atoms with Crippen molar-refractivity contribution in [3.63, 3.8) is 0 Å². The molecule has 3 rings (SSSR count). The summed E-state index contributed by atoms with van der Waals surface area (Å²) in [6, 6.07) is 0. The van der Waals surface area contributed by atoms with E-state index >= 15 is 0 Å². The molecular formula is C15H22O. The fraction of sp³-hybridized carbons (Fsp3) is 0.800. The lowest BCUT2D eigenvalue weighted by atomic mass is 9.53. The van der Waals surface area contributed by atoms with Crippen molar-refractivity contribution in [2.45, 2.75) is 52.9 Å². The van der Waals surface area contributed by atoms with E-state index in [2.05, 4.69) is 20.8 Å². The zero-order valence-corrected chi connectivity index (χ0v) is 10.7. The second kappa shape index (κ2) is 3.00.